The van der Waals surface area contributed by atoms with Crippen molar-refractivity contribution in [2.75, 3.05) is 7.05 Å². The van der Waals surface area contributed by atoms with Gasteiger partial charge in [-0.15, -0.1) is 0 Å². The third-order valence-electron chi connectivity index (χ3n) is 3.72. The molecule has 0 aliphatic heterocycles. The summed E-state index contributed by atoms with van der Waals surface area (Å²) in [6.45, 7) is 0. The molecule has 1 unspecified atom stereocenters. The van der Waals surface area contributed by atoms with Crippen LogP contribution in [0.25, 0.3) is 11.8 Å². The van der Waals surface area contributed by atoms with Gasteiger partial charge in [-0.25, -0.2) is 0 Å². The number of benzene rings is 1. The molecule has 1 N–H and O–H groups in total. The molecule has 1 aromatic carbocycles. The predicted molar refractivity (Wildman–Crippen MR) is 68.5 cm³/mol. The molecule has 0 spiro atoms. The summed E-state index contributed by atoms with van der Waals surface area (Å²) < 4.78 is 0. The Hall–Kier alpha value is -1.54. The van der Waals surface area contributed by atoms with Gasteiger partial charge in [-0.05, 0) is 30.1 Å². The number of hydroxylamine groups is 2. The highest BCUT2D eigenvalue weighted by Crippen LogP contribution is 2.33. The van der Waals surface area contributed by atoms with Gasteiger partial charge in [-0.1, -0.05) is 36.4 Å². The third kappa shape index (κ3) is 1.69. The van der Waals surface area contributed by atoms with Crippen molar-refractivity contribution in [3.63, 3.8) is 0 Å². The number of rotatable bonds is 1. The average molecular weight is 227 g/mol. The summed E-state index contributed by atoms with van der Waals surface area (Å²) in [6, 6.07) is 8.30. The fourth-order valence-electron chi connectivity index (χ4n) is 2.98. The molecular weight excluding hydrogens is 210 g/mol. The minimum atomic E-state index is 0.369. The first-order valence-corrected chi connectivity index (χ1v) is 6.21. The molecule has 0 saturated carbocycles. The standard InChI is InChI=1S/C15H17NO/c1-16(17)15-13-8-4-2-6-11(13)10-12-7-3-5-9-14(12)15/h2,4,6-8,10,14,17H,3,5,9H2,1H3. The Kier molecular flexibility index (Phi) is 2.52. The average Bonchev–Trinajstić information content (AvgIpc) is 2.35. The summed E-state index contributed by atoms with van der Waals surface area (Å²) >= 11 is 0. The Morgan fingerprint density at radius 2 is 2.12 bits per heavy atom. The van der Waals surface area contributed by atoms with Crippen molar-refractivity contribution in [1.29, 1.82) is 0 Å². The van der Waals surface area contributed by atoms with Gasteiger partial charge in [0.25, 0.3) is 0 Å². The maximum atomic E-state index is 9.92. The van der Waals surface area contributed by atoms with Gasteiger partial charge in [0.2, 0.25) is 0 Å². The lowest BCUT2D eigenvalue weighted by molar-refractivity contribution is -0.00845. The molecule has 0 fully saturated rings. The molecule has 0 saturated heterocycles. The van der Waals surface area contributed by atoms with Crippen LogP contribution in [0.3, 0.4) is 0 Å². The molecule has 1 atom stereocenters. The number of hydrogen-bond acceptors (Lipinski definition) is 2. The lowest BCUT2D eigenvalue weighted by atomic mass is 9.81. The molecule has 2 nitrogen and oxygen atoms in total. The number of fused-ring (bicyclic) bond motifs is 2. The van der Waals surface area contributed by atoms with Crippen LogP contribution in [0.4, 0.5) is 0 Å². The second-order valence-corrected chi connectivity index (χ2v) is 4.83. The van der Waals surface area contributed by atoms with Gasteiger partial charge in [0.05, 0.1) is 5.70 Å². The zero-order chi connectivity index (χ0) is 11.8. The van der Waals surface area contributed by atoms with Gasteiger partial charge in [-0.3, -0.25) is 10.3 Å². The zero-order valence-corrected chi connectivity index (χ0v) is 10.1. The summed E-state index contributed by atoms with van der Waals surface area (Å²) in [4.78, 5) is 0. The molecule has 0 bridgehead atoms. The van der Waals surface area contributed by atoms with Gasteiger partial charge in [0.15, 0.2) is 0 Å². The van der Waals surface area contributed by atoms with Crippen molar-refractivity contribution in [2.24, 2.45) is 5.92 Å². The van der Waals surface area contributed by atoms with Gasteiger partial charge in [-0.2, -0.15) is 0 Å². The summed E-state index contributed by atoms with van der Waals surface area (Å²) in [5.41, 5.74) is 2.42. The predicted octanol–water partition coefficient (Wildman–Crippen LogP) is 1.64. The summed E-state index contributed by atoms with van der Waals surface area (Å²) in [6.07, 6.45) is 8.09. The molecule has 3 rings (SSSR count). The van der Waals surface area contributed by atoms with Crippen LogP contribution in [0.15, 0.2) is 35.9 Å². The molecule has 0 aromatic heterocycles. The molecule has 0 amide bonds. The van der Waals surface area contributed by atoms with Crippen molar-refractivity contribution in [3.05, 3.63) is 46.4 Å². The minimum Gasteiger partial charge on any atom is -0.289 e. The first kappa shape index (κ1) is 10.6. The quantitative estimate of drug-likeness (QED) is 0.737. The van der Waals surface area contributed by atoms with Crippen LogP contribution in [0.5, 0.6) is 0 Å². The van der Waals surface area contributed by atoms with Crippen LogP contribution in [0.1, 0.15) is 19.3 Å². The first-order chi connectivity index (χ1) is 8.27. The molecule has 2 heteroatoms. The Bertz CT molecular complexity index is 583. The fraction of sp³-hybridized carbons (Fsp3) is 0.333. The van der Waals surface area contributed by atoms with E-state index in [0.29, 0.717) is 5.92 Å². The van der Waals surface area contributed by atoms with E-state index in [-0.39, 0.29) is 0 Å². The summed E-state index contributed by atoms with van der Waals surface area (Å²) in [5, 5.41) is 13.6. The van der Waals surface area contributed by atoms with E-state index in [9.17, 15) is 5.21 Å². The van der Waals surface area contributed by atoms with Gasteiger partial charge >= 0.3 is 0 Å². The second-order valence-electron chi connectivity index (χ2n) is 4.83. The van der Waals surface area contributed by atoms with Crippen molar-refractivity contribution in [1.82, 2.24) is 5.06 Å². The maximum Gasteiger partial charge on any atom is 0.0557 e. The topological polar surface area (TPSA) is 23.5 Å². The first-order valence-electron chi connectivity index (χ1n) is 6.21. The molecule has 2 aliphatic carbocycles. The van der Waals surface area contributed by atoms with E-state index < -0.39 is 0 Å². The lowest BCUT2D eigenvalue weighted by Gasteiger charge is -2.31. The van der Waals surface area contributed by atoms with Gasteiger partial charge in [0.1, 0.15) is 0 Å². The van der Waals surface area contributed by atoms with E-state index in [1.165, 1.54) is 27.5 Å². The fourth-order valence-corrected chi connectivity index (χ4v) is 2.98. The van der Waals surface area contributed by atoms with E-state index in [4.69, 9.17) is 0 Å². The van der Waals surface area contributed by atoms with Crippen LogP contribution in [0.2, 0.25) is 0 Å². The van der Waals surface area contributed by atoms with E-state index in [1.807, 2.05) is 12.1 Å². The monoisotopic (exact) mass is 227 g/mol. The molecule has 17 heavy (non-hydrogen) atoms. The van der Waals surface area contributed by atoms with Crippen molar-refractivity contribution in [3.8, 4) is 0 Å². The molecule has 0 heterocycles. The van der Waals surface area contributed by atoms with E-state index >= 15 is 0 Å². The Morgan fingerprint density at radius 3 is 2.94 bits per heavy atom. The van der Waals surface area contributed by atoms with Crippen molar-refractivity contribution >= 4 is 11.8 Å². The molecule has 2 aliphatic rings. The number of allylic oxidation sites excluding steroid dienone is 1. The summed E-state index contributed by atoms with van der Waals surface area (Å²) in [5.74, 6) is 0.369. The largest absolute Gasteiger partial charge is 0.289 e. The van der Waals surface area contributed by atoms with Crippen LogP contribution >= 0.6 is 0 Å². The van der Waals surface area contributed by atoms with Crippen LogP contribution in [-0.4, -0.2) is 17.3 Å². The highest BCUT2D eigenvalue weighted by Gasteiger charge is 2.25. The normalized spacial score (nSPS) is 22.1. The molecule has 88 valence electrons. The van der Waals surface area contributed by atoms with E-state index in [1.54, 1.807) is 7.05 Å². The third-order valence-corrected chi connectivity index (χ3v) is 3.72. The SMILES string of the molecule is CN(O)C1=c2ccccc2=CC2=CCCCC21. The second kappa shape index (κ2) is 4.04. The van der Waals surface area contributed by atoms with Crippen LogP contribution in [-0.2, 0) is 0 Å². The van der Waals surface area contributed by atoms with Crippen LogP contribution in [0, 0.1) is 5.92 Å². The Morgan fingerprint density at radius 1 is 1.29 bits per heavy atom. The van der Waals surface area contributed by atoms with E-state index in [2.05, 4.69) is 24.3 Å². The van der Waals surface area contributed by atoms with Crippen molar-refractivity contribution in [2.45, 2.75) is 19.3 Å². The molecule has 1 aromatic rings. The highest BCUT2D eigenvalue weighted by atomic mass is 16.5. The minimum absolute atomic E-state index is 0.369. The zero-order valence-electron chi connectivity index (χ0n) is 10.1. The lowest BCUT2D eigenvalue weighted by Crippen LogP contribution is -2.39. The van der Waals surface area contributed by atoms with Crippen LogP contribution < -0.4 is 10.4 Å². The number of hydrogen-bond donors (Lipinski definition) is 1. The van der Waals surface area contributed by atoms with Crippen molar-refractivity contribution < 1.29 is 5.21 Å². The Balaban J connectivity index is 2.34. The molecule has 0 radical (unpaired) electrons. The smallest absolute Gasteiger partial charge is 0.0557 e. The van der Waals surface area contributed by atoms with E-state index in [0.717, 1.165) is 18.5 Å². The maximum absolute atomic E-state index is 9.92. The number of nitrogens with zero attached hydrogens (tertiary/aromatic N) is 1. The van der Waals surface area contributed by atoms with Gasteiger partial charge in [0, 0.05) is 18.2 Å². The summed E-state index contributed by atoms with van der Waals surface area (Å²) in [7, 11) is 1.73. The Labute approximate surface area is 101 Å². The van der Waals surface area contributed by atoms with Gasteiger partial charge < -0.3 is 0 Å². The molecular formula is C15H17NO. The highest BCUT2D eigenvalue weighted by molar-refractivity contribution is 5.65.